The quantitative estimate of drug-likeness (QED) is 0.325. The molecule has 1 aromatic heterocycles. The number of carboxylic acid groups (broad SMARTS) is 1. The molecule has 28 heavy (non-hydrogen) atoms. The van der Waals surface area contributed by atoms with Gasteiger partial charge < -0.3 is 10.8 Å². The van der Waals surface area contributed by atoms with Crippen LogP contribution in [0.1, 0.15) is 25.7 Å². The van der Waals surface area contributed by atoms with Crippen molar-refractivity contribution in [3.05, 3.63) is 30.6 Å². The summed E-state index contributed by atoms with van der Waals surface area (Å²) in [6.07, 6.45) is 4.80. The first kappa shape index (κ1) is 20.3. The molecule has 1 heterocycles. The molecular formula is C17H20ClN5O4S. The second-order valence-corrected chi connectivity index (χ2v) is 8.77. The molecular weight excluding hydrogens is 406 g/mol. The molecule has 1 aliphatic carbocycles. The maximum absolute atomic E-state index is 12.7. The van der Waals surface area contributed by atoms with Crippen molar-refractivity contribution >= 4 is 50.2 Å². The lowest BCUT2D eigenvalue weighted by Gasteiger charge is -2.26. The van der Waals surface area contributed by atoms with E-state index in [1.165, 1.54) is 24.5 Å². The van der Waals surface area contributed by atoms with Gasteiger partial charge in [-0.2, -0.15) is 0 Å². The number of guanidine groups is 1. The Labute approximate surface area is 167 Å². The van der Waals surface area contributed by atoms with E-state index < -0.39 is 21.9 Å². The lowest BCUT2D eigenvalue weighted by atomic mass is 9.87. The van der Waals surface area contributed by atoms with Gasteiger partial charge in [0.1, 0.15) is 0 Å². The van der Waals surface area contributed by atoms with Gasteiger partial charge >= 0.3 is 5.97 Å². The van der Waals surface area contributed by atoms with Gasteiger partial charge in [0.05, 0.1) is 22.7 Å². The van der Waals surface area contributed by atoms with Crippen LogP contribution in [0.2, 0.25) is 0 Å². The number of pyridine rings is 1. The first-order valence-corrected chi connectivity index (χ1v) is 10.4. The number of rotatable bonds is 5. The molecule has 0 atom stereocenters. The summed E-state index contributed by atoms with van der Waals surface area (Å²) < 4.78 is 29.1. The third-order valence-corrected chi connectivity index (χ3v) is 6.72. The molecule has 1 aliphatic rings. The minimum Gasteiger partial charge on any atom is -0.481 e. The Morgan fingerprint density at radius 2 is 1.96 bits per heavy atom. The van der Waals surface area contributed by atoms with Crippen molar-refractivity contribution in [1.29, 1.82) is 5.41 Å². The molecule has 3 rings (SSSR count). The number of carboxylic acids is 1. The highest BCUT2D eigenvalue weighted by Gasteiger charge is 2.29. The van der Waals surface area contributed by atoms with Crippen molar-refractivity contribution < 1.29 is 18.3 Å². The van der Waals surface area contributed by atoms with Crippen molar-refractivity contribution in [2.24, 2.45) is 11.7 Å². The molecule has 2 aromatic rings. The molecule has 0 radical (unpaired) electrons. The number of aromatic nitrogens is 1. The first-order chi connectivity index (χ1) is 13.2. The van der Waals surface area contributed by atoms with Gasteiger partial charge in [-0.3, -0.25) is 15.2 Å². The number of carbonyl (C=O) groups is 1. The van der Waals surface area contributed by atoms with E-state index in [1.807, 2.05) is 0 Å². The van der Waals surface area contributed by atoms with Crippen LogP contribution >= 0.6 is 11.8 Å². The summed E-state index contributed by atoms with van der Waals surface area (Å²) in [6.45, 7) is 0. The number of aliphatic carboxylic acids is 1. The van der Waals surface area contributed by atoms with E-state index in [1.54, 1.807) is 6.07 Å². The molecule has 0 aliphatic heterocycles. The Morgan fingerprint density at radius 1 is 1.29 bits per heavy atom. The van der Waals surface area contributed by atoms with Crippen LogP contribution in [0.25, 0.3) is 10.8 Å². The monoisotopic (exact) mass is 425 g/mol. The fourth-order valence-electron chi connectivity index (χ4n) is 3.34. The van der Waals surface area contributed by atoms with Crippen molar-refractivity contribution in [2.45, 2.75) is 36.6 Å². The van der Waals surface area contributed by atoms with Crippen LogP contribution in [-0.4, -0.2) is 36.5 Å². The Kier molecular flexibility index (Phi) is 5.73. The SMILES string of the molecule is N=C(N)N(Cl)c1cncc2cc(S(=O)(=O)N[C@H]3CC[C@@H](C(=O)O)CC3)ccc12. The van der Waals surface area contributed by atoms with Crippen LogP contribution in [-0.2, 0) is 14.8 Å². The van der Waals surface area contributed by atoms with Crippen molar-refractivity contribution in [1.82, 2.24) is 9.71 Å². The molecule has 1 saturated carbocycles. The Bertz CT molecular complexity index is 1020. The van der Waals surface area contributed by atoms with Gasteiger partial charge in [-0.15, -0.1) is 0 Å². The van der Waals surface area contributed by atoms with Gasteiger partial charge in [0.15, 0.2) is 0 Å². The topological polar surface area (TPSA) is 149 Å². The summed E-state index contributed by atoms with van der Waals surface area (Å²) in [5.41, 5.74) is 5.77. The number of fused-ring (bicyclic) bond motifs is 1. The maximum Gasteiger partial charge on any atom is 0.306 e. The average Bonchev–Trinajstić information content (AvgIpc) is 2.66. The minimum atomic E-state index is -3.78. The van der Waals surface area contributed by atoms with E-state index >= 15 is 0 Å². The van der Waals surface area contributed by atoms with Crippen molar-refractivity contribution in [3.8, 4) is 0 Å². The molecule has 150 valence electrons. The fraction of sp³-hybridized carbons (Fsp3) is 0.353. The number of nitrogens with zero attached hydrogens (tertiary/aromatic N) is 2. The molecule has 1 fully saturated rings. The molecule has 5 N–H and O–H groups in total. The van der Waals surface area contributed by atoms with Gasteiger partial charge in [-0.05, 0) is 37.8 Å². The summed E-state index contributed by atoms with van der Waals surface area (Å²) in [5.74, 6) is -1.63. The molecule has 9 nitrogen and oxygen atoms in total. The van der Waals surface area contributed by atoms with Crippen LogP contribution in [0.15, 0.2) is 35.5 Å². The van der Waals surface area contributed by atoms with Crippen LogP contribution in [0, 0.1) is 11.3 Å². The van der Waals surface area contributed by atoms with Gasteiger partial charge in [0, 0.05) is 34.8 Å². The lowest BCUT2D eigenvalue weighted by molar-refractivity contribution is -0.142. The zero-order valence-corrected chi connectivity index (χ0v) is 16.4. The summed E-state index contributed by atoms with van der Waals surface area (Å²) in [5, 5.41) is 17.6. The van der Waals surface area contributed by atoms with Crippen LogP contribution in [0.4, 0.5) is 5.69 Å². The fourth-order valence-corrected chi connectivity index (χ4v) is 4.81. The van der Waals surface area contributed by atoms with Crippen LogP contribution < -0.4 is 14.9 Å². The largest absolute Gasteiger partial charge is 0.481 e. The molecule has 0 saturated heterocycles. The summed E-state index contributed by atoms with van der Waals surface area (Å²) >= 11 is 5.98. The molecule has 1 aromatic carbocycles. The Balaban J connectivity index is 1.83. The highest BCUT2D eigenvalue weighted by Crippen LogP contribution is 2.30. The Hall–Kier alpha value is -2.43. The zero-order valence-electron chi connectivity index (χ0n) is 14.8. The third-order valence-electron chi connectivity index (χ3n) is 4.84. The smallest absolute Gasteiger partial charge is 0.306 e. The van der Waals surface area contributed by atoms with E-state index in [4.69, 9.17) is 28.0 Å². The maximum atomic E-state index is 12.7. The summed E-state index contributed by atoms with van der Waals surface area (Å²) in [7, 11) is -3.78. The van der Waals surface area contributed by atoms with E-state index in [0.29, 0.717) is 42.1 Å². The second-order valence-electron chi connectivity index (χ2n) is 6.72. The number of nitrogens with one attached hydrogen (secondary N) is 2. The standard InChI is InChI=1S/C17H20ClN5O4S/c18-23(17(19)20)15-9-21-8-11-7-13(5-6-14(11)15)28(26,27)22-12-3-1-10(2-4-12)16(24)25/h5-10,12,22H,1-4H2,(H3,19,20)(H,24,25)/t10-,12+. The van der Waals surface area contributed by atoms with Crippen LogP contribution in [0.3, 0.4) is 0 Å². The predicted molar refractivity (Wildman–Crippen MR) is 106 cm³/mol. The minimum absolute atomic E-state index is 0.0725. The highest BCUT2D eigenvalue weighted by atomic mass is 35.5. The number of nitrogens with two attached hydrogens (primary N) is 1. The third kappa shape index (κ3) is 4.18. The molecule has 0 amide bonds. The van der Waals surface area contributed by atoms with E-state index in [9.17, 15) is 13.2 Å². The number of hydrogen-bond donors (Lipinski definition) is 4. The zero-order chi connectivity index (χ0) is 20.5. The van der Waals surface area contributed by atoms with Gasteiger partial charge in [-0.1, -0.05) is 6.07 Å². The number of anilines is 1. The van der Waals surface area contributed by atoms with E-state index in [-0.39, 0.29) is 16.9 Å². The van der Waals surface area contributed by atoms with Gasteiger partial charge in [0.25, 0.3) is 0 Å². The van der Waals surface area contributed by atoms with Gasteiger partial charge in [-0.25, -0.2) is 17.6 Å². The van der Waals surface area contributed by atoms with Crippen molar-refractivity contribution in [2.75, 3.05) is 4.42 Å². The number of hydrogen-bond acceptors (Lipinski definition) is 5. The second kappa shape index (κ2) is 7.90. The lowest BCUT2D eigenvalue weighted by Crippen LogP contribution is -2.38. The highest BCUT2D eigenvalue weighted by molar-refractivity contribution is 7.89. The van der Waals surface area contributed by atoms with Crippen molar-refractivity contribution in [3.63, 3.8) is 0 Å². The number of benzene rings is 1. The van der Waals surface area contributed by atoms with E-state index in [0.717, 1.165) is 4.42 Å². The Morgan fingerprint density at radius 3 is 2.57 bits per heavy atom. The first-order valence-electron chi connectivity index (χ1n) is 8.62. The molecule has 0 bridgehead atoms. The normalized spacial score (nSPS) is 20.0. The van der Waals surface area contributed by atoms with Crippen LogP contribution in [0.5, 0.6) is 0 Å². The molecule has 0 unspecified atom stereocenters. The average molecular weight is 426 g/mol. The number of sulfonamides is 1. The summed E-state index contributed by atoms with van der Waals surface area (Å²) in [6, 6.07) is 4.21. The predicted octanol–water partition coefficient (Wildman–Crippen LogP) is 2.01. The van der Waals surface area contributed by atoms with Gasteiger partial charge in [0.2, 0.25) is 16.0 Å². The molecule has 11 heteroatoms. The summed E-state index contributed by atoms with van der Waals surface area (Å²) in [4.78, 5) is 15.1. The van der Waals surface area contributed by atoms with E-state index in [2.05, 4.69) is 9.71 Å². The molecule has 0 spiro atoms. The number of halogens is 1.